The predicted octanol–water partition coefficient (Wildman–Crippen LogP) is 5.66. The number of hydrogen-bond acceptors (Lipinski definition) is 4. The lowest BCUT2D eigenvalue weighted by atomic mass is 9.93. The van der Waals surface area contributed by atoms with E-state index < -0.39 is 0 Å². The first-order valence-corrected chi connectivity index (χ1v) is 10.3. The molecule has 0 amide bonds. The SMILES string of the molecule is CC1(C)CC(NCc2cc3ccc(Cl)cc3nc2-c2ccsc2)CCO1. The summed E-state index contributed by atoms with van der Waals surface area (Å²) in [5, 5.41) is 9.82. The molecule has 0 saturated carbocycles. The van der Waals surface area contributed by atoms with Crippen molar-refractivity contribution in [1.82, 2.24) is 10.3 Å². The van der Waals surface area contributed by atoms with Gasteiger partial charge in [-0.25, -0.2) is 4.98 Å². The van der Waals surface area contributed by atoms with Gasteiger partial charge in [-0.2, -0.15) is 11.3 Å². The van der Waals surface area contributed by atoms with E-state index in [2.05, 4.69) is 42.1 Å². The molecule has 136 valence electrons. The minimum Gasteiger partial charge on any atom is -0.375 e. The zero-order valence-corrected chi connectivity index (χ0v) is 16.7. The van der Waals surface area contributed by atoms with Gasteiger partial charge in [0.1, 0.15) is 0 Å². The summed E-state index contributed by atoms with van der Waals surface area (Å²) in [6, 6.07) is 10.7. The second-order valence-electron chi connectivity index (χ2n) is 7.52. The molecule has 3 nitrogen and oxygen atoms in total. The van der Waals surface area contributed by atoms with Crippen LogP contribution >= 0.6 is 22.9 Å². The van der Waals surface area contributed by atoms with Gasteiger partial charge in [0.2, 0.25) is 0 Å². The number of fused-ring (bicyclic) bond motifs is 1. The molecule has 5 heteroatoms. The number of hydrogen-bond donors (Lipinski definition) is 1. The van der Waals surface area contributed by atoms with E-state index in [1.165, 1.54) is 11.1 Å². The van der Waals surface area contributed by atoms with Crippen molar-refractivity contribution < 1.29 is 4.74 Å². The lowest BCUT2D eigenvalue weighted by Crippen LogP contribution is -2.43. The average molecular weight is 387 g/mol. The Kier molecular flexibility index (Phi) is 5.02. The summed E-state index contributed by atoms with van der Waals surface area (Å²) in [6.45, 7) is 5.95. The van der Waals surface area contributed by atoms with Crippen molar-refractivity contribution in [3.05, 3.63) is 51.7 Å². The summed E-state index contributed by atoms with van der Waals surface area (Å²) in [6.07, 6.45) is 2.07. The van der Waals surface area contributed by atoms with Gasteiger partial charge in [0.25, 0.3) is 0 Å². The number of nitrogens with one attached hydrogen (secondary N) is 1. The molecule has 1 unspecified atom stereocenters. The zero-order chi connectivity index (χ0) is 18.1. The van der Waals surface area contributed by atoms with E-state index in [-0.39, 0.29) is 5.60 Å². The Morgan fingerprint density at radius 2 is 2.19 bits per heavy atom. The van der Waals surface area contributed by atoms with Crippen LogP contribution in [0.1, 0.15) is 32.3 Å². The number of nitrogens with zero attached hydrogens (tertiary/aromatic N) is 1. The molecule has 1 atom stereocenters. The number of rotatable bonds is 4. The van der Waals surface area contributed by atoms with E-state index in [0.29, 0.717) is 6.04 Å². The van der Waals surface area contributed by atoms with E-state index in [0.717, 1.165) is 47.6 Å². The fourth-order valence-corrected chi connectivity index (χ4v) is 4.44. The van der Waals surface area contributed by atoms with E-state index >= 15 is 0 Å². The molecule has 0 aliphatic carbocycles. The molecule has 1 N–H and O–H groups in total. The third-order valence-corrected chi connectivity index (χ3v) is 5.85. The van der Waals surface area contributed by atoms with Gasteiger partial charge in [0, 0.05) is 40.5 Å². The molecule has 1 aliphatic rings. The Balaban J connectivity index is 1.64. The highest BCUT2D eigenvalue weighted by molar-refractivity contribution is 7.08. The van der Waals surface area contributed by atoms with Crippen molar-refractivity contribution in [3.8, 4) is 11.3 Å². The third-order valence-electron chi connectivity index (χ3n) is 4.93. The van der Waals surface area contributed by atoms with Crippen molar-refractivity contribution in [3.63, 3.8) is 0 Å². The maximum Gasteiger partial charge on any atom is 0.0763 e. The van der Waals surface area contributed by atoms with Crippen LogP contribution in [0.4, 0.5) is 0 Å². The smallest absolute Gasteiger partial charge is 0.0763 e. The zero-order valence-electron chi connectivity index (χ0n) is 15.1. The van der Waals surface area contributed by atoms with Crippen molar-refractivity contribution in [1.29, 1.82) is 0 Å². The second kappa shape index (κ2) is 7.28. The fourth-order valence-electron chi connectivity index (χ4n) is 3.63. The van der Waals surface area contributed by atoms with Crippen LogP contribution in [0, 0.1) is 0 Å². The first kappa shape index (κ1) is 17.9. The number of benzene rings is 1. The second-order valence-corrected chi connectivity index (χ2v) is 8.74. The van der Waals surface area contributed by atoms with E-state index in [1.807, 2.05) is 18.2 Å². The molecule has 3 heterocycles. The molecule has 26 heavy (non-hydrogen) atoms. The van der Waals surface area contributed by atoms with E-state index in [4.69, 9.17) is 21.3 Å². The van der Waals surface area contributed by atoms with Gasteiger partial charge < -0.3 is 10.1 Å². The molecular formula is C21H23ClN2OS. The summed E-state index contributed by atoms with van der Waals surface area (Å²) in [7, 11) is 0. The molecule has 2 aromatic heterocycles. The molecule has 1 aromatic carbocycles. The Morgan fingerprint density at radius 3 is 2.96 bits per heavy atom. The molecule has 1 aliphatic heterocycles. The number of ether oxygens (including phenoxy) is 1. The topological polar surface area (TPSA) is 34.2 Å². The number of aromatic nitrogens is 1. The first-order valence-electron chi connectivity index (χ1n) is 8.99. The molecule has 0 spiro atoms. The molecular weight excluding hydrogens is 364 g/mol. The highest BCUT2D eigenvalue weighted by Crippen LogP contribution is 2.29. The van der Waals surface area contributed by atoms with Crippen molar-refractivity contribution in [2.45, 2.75) is 44.9 Å². The van der Waals surface area contributed by atoms with Crippen molar-refractivity contribution in [2.75, 3.05) is 6.61 Å². The van der Waals surface area contributed by atoms with Gasteiger partial charge in [-0.3, -0.25) is 0 Å². The summed E-state index contributed by atoms with van der Waals surface area (Å²) >= 11 is 7.86. The summed E-state index contributed by atoms with van der Waals surface area (Å²) in [4.78, 5) is 4.93. The van der Waals surface area contributed by atoms with E-state index in [9.17, 15) is 0 Å². The number of thiophene rings is 1. The maximum atomic E-state index is 6.16. The van der Waals surface area contributed by atoms with Crippen LogP contribution in [0.3, 0.4) is 0 Å². The van der Waals surface area contributed by atoms with Gasteiger partial charge in [0.05, 0.1) is 16.8 Å². The van der Waals surface area contributed by atoms with Gasteiger partial charge in [0.15, 0.2) is 0 Å². The lowest BCUT2D eigenvalue weighted by molar-refractivity contribution is -0.0630. The highest BCUT2D eigenvalue weighted by Gasteiger charge is 2.28. The first-order chi connectivity index (χ1) is 12.5. The summed E-state index contributed by atoms with van der Waals surface area (Å²) in [5.41, 5.74) is 4.32. The van der Waals surface area contributed by atoms with Gasteiger partial charge >= 0.3 is 0 Å². The van der Waals surface area contributed by atoms with Crippen LogP contribution in [0.25, 0.3) is 22.2 Å². The van der Waals surface area contributed by atoms with Crippen LogP contribution in [-0.4, -0.2) is 23.2 Å². The Bertz CT molecular complexity index is 908. The normalized spacial score (nSPS) is 19.7. The quantitative estimate of drug-likeness (QED) is 0.627. The predicted molar refractivity (Wildman–Crippen MR) is 110 cm³/mol. The molecule has 1 fully saturated rings. The minimum atomic E-state index is -0.0511. The van der Waals surface area contributed by atoms with Gasteiger partial charge in [-0.05, 0) is 61.9 Å². The largest absolute Gasteiger partial charge is 0.375 e. The third kappa shape index (κ3) is 3.94. The summed E-state index contributed by atoms with van der Waals surface area (Å²) in [5.74, 6) is 0. The Labute approximate surface area is 163 Å². The molecule has 0 bridgehead atoms. The Hall–Kier alpha value is -1.46. The van der Waals surface area contributed by atoms with Crippen LogP contribution in [0.5, 0.6) is 0 Å². The highest BCUT2D eigenvalue weighted by atomic mass is 35.5. The molecule has 1 saturated heterocycles. The molecule has 0 radical (unpaired) electrons. The standard InChI is InChI=1S/C21H23ClN2OS/c1-21(2)11-18(5-7-25-21)23-12-16-9-14-3-4-17(22)10-19(14)24-20(16)15-6-8-26-13-15/h3-4,6,8-10,13,18,23H,5,7,11-12H2,1-2H3. The monoisotopic (exact) mass is 386 g/mol. The molecule has 4 rings (SSSR count). The minimum absolute atomic E-state index is 0.0511. The lowest BCUT2D eigenvalue weighted by Gasteiger charge is -2.36. The van der Waals surface area contributed by atoms with Crippen molar-refractivity contribution >= 4 is 33.8 Å². The summed E-state index contributed by atoms with van der Waals surface area (Å²) < 4.78 is 5.84. The van der Waals surface area contributed by atoms with Crippen LogP contribution in [-0.2, 0) is 11.3 Å². The van der Waals surface area contributed by atoms with Crippen LogP contribution in [0.15, 0.2) is 41.1 Å². The van der Waals surface area contributed by atoms with Gasteiger partial charge in [-0.1, -0.05) is 17.7 Å². The number of halogens is 1. The number of pyridine rings is 1. The van der Waals surface area contributed by atoms with Crippen molar-refractivity contribution in [2.24, 2.45) is 0 Å². The average Bonchev–Trinajstić information content (AvgIpc) is 3.13. The van der Waals surface area contributed by atoms with Gasteiger partial charge in [-0.15, -0.1) is 0 Å². The maximum absolute atomic E-state index is 6.16. The van der Waals surface area contributed by atoms with Crippen LogP contribution in [0.2, 0.25) is 5.02 Å². The fraction of sp³-hybridized carbons (Fsp3) is 0.381. The van der Waals surface area contributed by atoms with E-state index in [1.54, 1.807) is 11.3 Å². The Morgan fingerprint density at radius 1 is 1.31 bits per heavy atom. The van der Waals surface area contributed by atoms with Crippen LogP contribution < -0.4 is 5.32 Å². The molecule has 3 aromatic rings.